The molecule has 60 valence electrons. The Kier molecular flexibility index (Phi) is 6.83. The van der Waals surface area contributed by atoms with Gasteiger partial charge in [0.05, 0.1) is 11.9 Å². The standard InChI is InChI=1S/C5H8Br3OP/c1-3-9-5(6)4(2)10(7)8/h3H2,1-2H3/b5-4+. The molecule has 0 amide bonds. The van der Waals surface area contributed by atoms with Gasteiger partial charge in [0.15, 0.2) is 4.67 Å². The molecule has 0 fully saturated rings. The molecule has 0 aromatic rings. The monoisotopic (exact) mass is 352 g/mol. The maximum atomic E-state index is 5.22. The quantitative estimate of drug-likeness (QED) is 0.527. The normalized spacial score (nSPS) is 13.4. The van der Waals surface area contributed by atoms with E-state index >= 15 is 0 Å². The Morgan fingerprint density at radius 2 is 2.00 bits per heavy atom. The van der Waals surface area contributed by atoms with Gasteiger partial charge in [-0.3, -0.25) is 0 Å². The molecule has 0 saturated carbocycles. The third-order valence-electron chi connectivity index (χ3n) is 0.809. The molecule has 0 aromatic heterocycles. The van der Waals surface area contributed by atoms with E-state index in [0.29, 0.717) is 6.61 Å². The van der Waals surface area contributed by atoms with E-state index in [2.05, 4.69) is 46.9 Å². The van der Waals surface area contributed by atoms with Gasteiger partial charge in [0, 0.05) is 5.31 Å². The summed E-state index contributed by atoms with van der Waals surface area (Å²) in [6, 6.07) is 0. The van der Waals surface area contributed by atoms with Crippen LogP contribution in [0, 0.1) is 0 Å². The summed E-state index contributed by atoms with van der Waals surface area (Å²) >= 11 is 10.2. The van der Waals surface area contributed by atoms with Crippen molar-refractivity contribution in [2.24, 2.45) is 0 Å². The first-order chi connectivity index (χ1) is 4.59. The fourth-order valence-electron chi connectivity index (χ4n) is 0.298. The average molecular weight is 355 g/mol. The van der Waals surface area contributed by atoms with Crippen LogP contribution < -0.4 is 0 Å². The summed E-state index contributed by atoms with van der Waals surface area (Å²) in [6.07, 6.45) is 0. The molecule has 0 aromatic carbocycles. The van der Waals surface area contributed by atoms with Gasteiger partial charge in [-0.2, -0.15) is 0 Å². The van der Waals surface area contributed by atoms with Crippen LogP contribution in [0.3, 0.4) is 0 Å². The Morgan fingerprint density at radius 1 is 1.50 bits per heavy atom. The van der Waals surface area contributed by atoms with Crippen molar-refractivity contribution < 1.29 is 4.74 Å². The lowest BCUT2D eigenvalue weighted by atomic mass is 10.7. The van der Waals surface area contributed by atoms with Crippen molar-refractivity contribution in [3.8, 4) is 0 Å². The SMILES string of the molecule is CCO/C(Br)=C(\C)P(Br)Br. The number of rotatable bonds is 3. The smallest absolute Gasteiger partial charge is 0.167 e. The van der Waals surface area contributed by atoms with Gasteiger partial charge in [0.25, 0.3) is 0 Å². The van der Waals surface area contributed by atoms with Crippen LogP contribution in [0.2, 0.25) is 0 Å². The molecule has 10 heavy (non-hydrogen) atoms. The first kappa shape index (κ1) is 11.4. The van der Waals surface area contributed by atoms with Gasteiger partial charge in [0.1, 0.15) is 0 Å². The van der Waals surface area contributed by atoms with Crippen LogP contribution in [-0.2, 0) is 4.74 Å². The van der Waals surface area contributed by atoms with Gasteiger partial charge in [0.2, 0.25) is 0 Å². The van der Waals surface area contributed by atoms with Crippen LogP contribution in [0.15, 0.2) is 9.98 Å². The first-order valence-corrected chi connectivity index (χ1v) is 8.87. The summed E-state index contributed by atoms with van der Waals surface area (Å²) in [5.74, 6) is 0. The Hall–Kier alpha value is 1.41. The van der Waals surface area contributed by atoms with E-state index in [9.17, 15) is 0 Å². The lowest BCUT2D eigenvalue weighted by molar-refractivity contribution is 0.259. The van der Waals surface area contributed by atoms with Crippen molar-refractivity contribution in [3.63, 3.8) is 0 Å². The molecule has 0 bridgehead atoms. The molecule has 0 unspecified atom stereocenters. The highest BCUT2D eigenvalue weighted by Gasteiger charge is 2.06. The number of hydrogen-bond acceptors (Lipinski definition) is 1. The number of halogens is 3. The maximum Gasteiger partial charge on any atom is 0.167 e. The van der Waals surface area contributed by atoms with Gasteiger partial charge in [-0.15, -0.1) is 0 Å². The fourth-order valence-corrected chi connectivity index (χ4v) is 3.65. The minimum Gasteiger partial charge on any atom is -0.487 e. The van der Waals surface area contributed by atoms with Gasteiger partial charge < -0.3 is 4.74 Å². The molecule has 0 spiro atoms. The molecule has 0 rings (SSSR count). The summed E-state index contributed by atoms with van der Waals surface area (Å²) in [7, 11) is 0. The van der Waals surface area contributed by atoms with Crippen LogP contribution in [0.5, 0.6) is 0 Å². The summed E-state index contributed by atoms with van der Waals surface area (Å²) in [6.45, 7) is 4.66. The lowest BCUT2D eigenvalue weighted by Gasteiger charge is -2.06. The summed E-state index contributed by atoms with van der Waals surface area (Å²) in [4.78, 5) is 0. The van der Waals surface area contributed by atoms with Gasteiger partial charge >= 0.3 is 0 Å². The topological polar surface area (TPSA) is 9.23 Å². The third-order valence-corrected chi connectivity index (χ3v) is 5.84. The third kappa shape index (κ3) is 4.32. The minimum absolute atomic E-state index is 0.380. The molecule has 0 saturated heterocycles. The zero-order chi connectivity index (χ0) is 8.15. The molecule has 0 radical (unpaired) electrons. The van der Waals surface area contributed by atoms with E-state index in [1.54, 1.807) is 0 Å². The molecule has 0 aliphatic rings. The number of allylic oxidation sites excluding steroid dienone is 1. The molecule has 0 heterocycles. The largest absolute Gasteiger partial charge is 0.487 e. The Morgan fingerprint density at radius 3 is 2.30 bits per heavy atom. The highest BCUT2D eigenvalue weighted by molar-refractivity contribution is 9.70. The summed E-state index contributed by atoms with van der Waals surface area (Å²) < 4.78 is 6.05. The molecule has 0 N–H and O–H groups in total. The van der Waals surface area contributed by atoms with E-state index in [4.69, 9.17) is 4.74 Å². The van der Waals surface area contributed by atoms with Gasteiger partial charge in [-0.25, -0.2) is 0 Å². The Balaban J connectivity index is 4.05. The predicted octanol–water partition coefficient (Wildman–Crippen LogP) is 4.71. The highest BCUT2D eigenvalue weighted by atomic mass is 79.9. The first-order valence-electron chi connectivity index (χ1n) is 2.70. The lowest BCUT2D eigenvalue weighted by Crippen LogP contribution is -1.84. The van der Waals surface area contributed by atoms with E-state index in [0.717, 1.165) is 9.98 Å². The summed E-state index contributed by atoms with van der Waals surface area (Å²) in [5, 5.41) is 0.784. The Bertz CT molecular complexity index is 135. The second-order valence-electron chi connectivity index (χ2n) is 1.53. The molecule has 0 atom stereocenters. The van der Waals surface area contributed by atoms with Crippen molar-refractivity contribution in [2.45, 2.75) is 13.8 Å². The Labute approximate surface area is 86.9 Å². The van der Waals surface area contributed by atoms with Crippen LogP contribution in [0.1, 0.15) is 13.8 Å². The molecule has 0 aliphatic carbocycles. The van der Waals surface area contributed by atoms with Crippen LogP contribution >= 0.6 is 52.2 Å². The molecular formula is C5H8Br3OP. The van der Waals surface area contributed by atoms with Crippen LogP contribution in [0.4, 0.5) is 0 Å². The van der Waals surface area contributed by atoms with Crippen molar-refractivity contribution in [1.82, 2.24) is 0 Å². The zero-order valence-electron chi connectivity index (χ0n) is 5.70. The van der Waals surface area contributed by atoms with Crippen molar-refractivity contribution in [3.05, 3.63) is 9.98 Å². The molecule has 1 nitrogen and oxygen atoms in total. The van der Waals surface area contributed by atoms with E-state index in [1.807, 2.05) is 13.8 Å². The minimum atomic E-state index is -0.380. The highest BCUT2D eigenvalue weighted by Crippen LogP contribution is 2.60. The molecule has 0 aliphatic heterocycles. The van der Waals surface area contributed by atoms with Gasteiger partial charge in [-0.1, -0.05) is 0 Å². The number of ether oxygens (including phenoxy) is 1. The average Bonchev–Trinajstić information content (AvgIpc) is 1.87. The maximum absolute atomic E-state index is 5.22. The van der Waals surface area contributed by atoms with Crippen LogP contribution in [0.25, 0.3) is 0 Å². The second kappa shape index (κ2) is 5.99. The van der Waals surface area contributed by atoms with E-state index in [1.165, 1.54) is 0 Å². The van der Waals surface area contributed by atoms with Crippen molar-refractivity contribution >= 4 is 52.2 Å². The van der Waals surface area contributed by atoms with Crippen molar-refractivity contribution in [2.75, 3.05) is 6.61 Å². The molecule has 5 heteroatoms. The van der Waals surface area contributed by atoms with Gasteiger partial charge in [-0.05, 0) is 60.8 Å². The van der Waals surface area contributed by atoms with Crippen LogP contribution in [-0.4, -0.2) is 6.61 Å². The van der Waals surface area contributed by atoms with Crippen molar-refractivity contribution in [1.29, 1.82) is 0 Å². The van der Waals surface area contributed by atoms with E-state index in [-0.39, 0.29) is 5.33 Å². The second-order valence-corrected chi connectivity index (χ2v) is 10.5. The van der Waals surface area contributed by atoms with E-state index < -0.39 is 0 Å². The fraction of sp³-hybridized carbons (Fsp3) is 0.600. The predicted molar refractivity (Wildman–Crippen MR) is 58.0 cm³/mol. The zero-order valence-corrected chi connectivity index (χ0v) is 11.3. The molecular weight excluding hydrogens is 347 g/mol. The summed E-state index contributed by atoms with van der Waals surface area (Å²) in [5.41, 5.74) is 0. The number of hydrogen-bond donors (Lipinski definition) is 0.